The second-order valence-corrected chi connectivity index (χ2v) is 6.63. The molecule has 0 spiro atoms. The van der Waals surface area contributed by atoms with Crippen LogP contribution in [0.3, 0.4) is 0 Å². The lowest BCUT2D eigenvalue weighted by molar-refractivity contribution is -0.117. The normalized spacial score (nSPS) is 16.7. The van der Waals surface area contributed by atoms with E-state index in [1.165, 1.54) is 0 Å². The van der Waals surface area contributed by atoms with E-state index in [1.807, 2.05) is 62.4 Å². The quantitative estimate of drug-likeness (QED) is 0.686. The van der Waals surface area contributed by atoms with Crippen molar-refractivity contribution in [3.8, 4) is 17.1 Å². The van der Waals surface area contributed by atoms with Crippen LogP contribution in [-0.2, 0) is 4.79 Å². The molecule has 1 amide bonds. The molecule has 0 aliphatic carbocycles. The molecule has 1 atom stereocenters. The predicted molar refractivity (Wildman–Crippen MR) is 102 cm³/mol. The van der Waals surface area contributed by atoms with Crippen LogP contribution in [0, 0.1) is 6.92 Å². The highest BCUT2D eigenvalue weighted by Crippen LogP contribution is 2.33. The molecular weight excluding hydrogens is 342 g/mol. The molecule has 1 fully saturated rings. The van der Waals surface area contributed by atoms with Crippen LogP contribution >= 0.6 is 0 Å². The molecule has 27 heavy (non-hydrogen) atoms. The second kappa shape index (κ2) is 7.23. The summed E-state index contributed by atoms with van der Waals surface area (Å²) in [5.74, 6) is 1.64. The third kappa shape index (κ3) is 3.43. The predicted octanol–water partition coefficient (Wildman–Crippen LogP) is 3.96. The Balaban J connectivity index is 1.57. The zero-order valence-electron chi connectivity index (χ0n) is 15.4. The minimum Gasteiger partial charge on any atom is -0.493 e. The third-order valence-corrected chi connectivity index (χ3v) is 4.66. The van der Waals surface area contributed by atoms with Crippen molar-refractivity contribution >= 4 is 11.6 Å². The van der Waals surface area contributed by atoms with Gasteiger partial charge in [0.25, 0.3) is 0 Å². The van der Waals surface area contributed by atoms with E-state index in [0.29, 0.717) is 31.3 Å². The van der Waals surface area contributed by atoms with Crippen molar-refractivity contribution in [3.05, 3.63) is 60.0 Å². The molecule has 138 valence electrons. The number of carbonyl (C=O) groups excluding carboxylic acids is 1. The summed E-state index contributed by atoms with van der Waals surface area (Å²) < 4.78 is 11.1. The van der Waals surface area contributed by atoms with E-state index in [2.05, 4.69) is 10.1 Å². The molecule has 6 heteroatoms. The first-order valence-electron chi connectivity index (χ1n) is 9.08. The molecular formula is C21H21N3O3. The molecule has 1 aromatic heterocycles. The third-order valence-electron chi connectivity index (χ3n) is 4.66. The lowest BCUT2D eigenvalue weighted by Gasteiger charge is -2.16. The molecule has 1 aliphatic heterocycles. The second-order valence-electron chi connectivity index (χ2n) is 6.63. The molecule has 2 aromatic carbocycles. The highest BCUT2D eigenvalue weighted by Gasteiger charge is 2.35. The van der Waals surface area contributed by atoms with Crippen LogP contribution in [0.4, 0.5) is 5.69 Å². The molecule has 4 rings (SSSR count). The summed E-state index contributed by atoms with van der Waals surface area (Å²) >= 11 is 0. The Morgan fingerprint density at radius 3 is 2.89 bits per heavy atom. The minimum atomic E-state index is -0.112. The van der Waals surface area contributed by atoms with Crippen LogP contribution in [0.25, 0.3) is 11.4 Å². The molecule has 1 unspecified atom stereocenters. The summed E-state index contributed by atoms with van der Waals surface area (Å²) in [5, 5.41) is 4.11. The van der Waals surface area contributed by atoms with Gasteiger partial charge in [0.1, 0.15) is 5.75 Å². The number of aryl methyl sites for hydroxylation is 1. The van der Waals surface area contributed by atoms with Crippen molar-refractivity contribution < 1.29 is 14.1 Å². The zero-order valence-corrected chi connectivity index (χ0v) is 15.4. The van der Waals surface area contributed by atoms with Gasteiger partial charge in [0.05, 0.1) is 18.1 Å². The van der Waals surface area contributed by atoms with Crippen molar-refractivity contribution in [2.45, 2.75) is 26.2 Å². The Labute approximate surface area is 157 Å². The lowest BCUT2D eigenvalue weighted by atomic mass is 10.1. The molecule has 1 saturated heterocycles. The van der Waals surface area contributed by atoms with Gasteiger partial charge in [-0.25, -0.2) is 0 Å². The standard InChI is InChI=1S/C21H21N3O3/c1-3-26-18-10-5-4-9-17(18)20-22-21(27-23-20)15-12-19(25)24(13-15)16-8-6-7-14(2)11-16/h4-11,15H,3,12-13H2,1-2H3. The van der Waals surface area contributed by atoms with Gasteiger partial charge in [-0.05, 0) is 43.7 Å². The first-order chi connectivity index (χ1) is 13.2. The SMILES string of the molecule is CCOc1ccccc1-c1noc(C2CC(=O)N(c3cccc(C)c3)C2)n1. The fourth-order valence-electron chi connectivity index (χ4n) is 3.36. The summed E-state index contributed by atoms with van der Waals surface area (Å²) in [6, 6.07) is 15.5. The van der Waals surface area contributed by atoms with E-state index in [9.17, 15) is 4.79 Å². The number of benzene rings is 2. The average Bonchev–Trinajstić information content (AvgIpc) is 3.29. The molecule has 3 aromatic rings. The van der Waals surface area contributed by atoms with Crippen LogP contribution in [0.2, 0.25) is 0 Å². The number of hydrogen-bond acceptors (Lipinski definition) is 5. The number of hydrogen-bond donors (Lipinski definition) is 0. The number of amides is 1. The first kappa shape index (κ1) is 17.3. The Hall–Kier alpha value is -3.15. The van der Waals surface area contributed by atoms with Crippen molar-refractivity contribution in [2.24, 2.45) is 0 Å². The van der Waals surface area contributed by atoms with Gasteiger partial charge in [0, 0.05) is 18.7 Å². The summed E-state index contributed by atoms with van der Waals surface area (Å²) in [6.45, 7) is 5.05. The fourth-order valence-corrected chi connectivity index (χ4v) is 3.36. The number of aromatic nitrogens is 2. The monoisotopic (exact) mass is 363 g/mol. The maximum absolute atomic E-state index is 12.5. The molecule has 0 radical (unpaired) electrons. The highest BCUT2D eigenvalue weighted by atomic mass is 16.5. The van der Waals surface area contributed by atoms with E-state index in [0.717, 1.165) is 22.6 Å². The highest BCUT2D eigenvalue weighted by molar-refractivity contribution is 5.96. The summed E-state index contributed by atoms with van der Waals surface area (Å²) in [4.78, 5) is 18.8. The van der Waals surface area contributed by atoms with E-state index in [-0.39, 0.29) is 11.8 Å². The molecule has 0 bridgehead atoms. The fraction of sp³-hybridized carbons (Fsp3) is 0.286. The van der Waals surface area contributed by atoms with Gasteiger partial charge in [0.15, 0.2) is 0 Å². The van der Waals surface area contributed by atoms with E-state index < -0.39 is 0 Å². The van der Waals surface area contributed by atoms with Gasteiger partial charge in [-0.15, -0.1) is 0 Å². The molecule has 1 aliphatic rings. The molecule has 0 saturated carbocycles. The van der Waals surface area contributed by atoms with Gasteiger partial charge in [-0.2, -0.15) is 4.98 Å². The molecule has 2 heterocycles. The molecule has 0 N–H and O–H groups in total. The van der Waals surface area contributed by atoms with Gasteiger partial charge >= 0.3 is 0 Å². The summed E-state index contributed by atoms with van der Waals surface area (Å²) in [6.07, 6.45) is 0.364. The number of para-hydroxylation sites is 1. The van der Waals surface area contributed by atoms with Gasteiger partial charge in [-0.1, -0.05) is 29.4 Å². The maximum Gasteiger partial charge on any atom is 0.232 e. The van der Waals surface area contributed by atoms with Crippen molar-refractivity contribution in [3.63, 3.8) is 0 Å². The Morgan fingerprint density at radius 1 is 1.22 bits per heavy atom. The van der Waals surface area contributed by atoms with E-state index in [4.69, 9.17) is 9.26 Å². The van der Waals surface area contributed by atoms with Gasteiger partial charge < -0.3 is 14.2 Å². The smallest absolute Gasteiger partial charge is 0.232 e. The van der Waals surface area contributed by atoms with E-state index >= 15 is 0 Å². The lowest BCUT2D eigenvalue weighted by Crippen LogP contribution is -2.24. The van der Waals surface area contributed by atoms with Crippen LogP contribution in [-0.4, -0.2) is 29.2 Å². The Kier molecular flexibility index (Phi) is 4.62. The number of rotatable bonds is 5. The van der Waals surface area contributed by atoms with E-state index in [1.54, 1.807) is 4.90 Å². The average molecular weight is 363 g/mol. The maximum atomic E-state index is 12.5. The zero-order chi connectivity index (χ0) is 18.8. The van der Waals surface area contributed by atoms with Crippen LogP contribution in [0.15, 0.2) is 53.1 Å². The van der Waals surface area contributed by atoms with Crippen molar-refractivity contribution in [1.29, 1.82) is 0 Å². The first-order valence-corrected chi connectivity index (χ1v) is 9.08. The van der Waals surface area contributed by atoms with Crippen LogP contribution in [0.1, 0.15) is 30.7 Å². The topological polar surface area (TPSA) is 68.5 Å². The Morgan fingerprint density at radius 2 is 2.07 bits per heavy atom. The van der Waals surface area contributed by atoms with Gasteiger partial charge in [-0.3, -0.25) is 4.79 Å². The van der Waals surface area contributed by atoms with Gasteiger partial charge in [0.2, 0.25) is 17.6 Å². The van der Waals surface area contributed by atoms with Crippen LogP contribution < -0.4 is 9.64 Å². The summed E-state index contributed by atoms with van der Waals surface area (Å²) in [5.41, 5.74) is 2.81. The number of anilines is 1. The van der Waals surface area contributed by atoms with Crippen LogP contribution in [0.5, 0.6) is 5.75 Å². The minimum absolute atomic E-state index is 0.0695. The van der Waals surface area contributed by atoms with Crippen molar-refractivity contribution in [1.82, 2.24) is 10.1 Å². The number of nitrogens with zero attached hydrogens (tertiary/aromatic N) is 3. The summed E-state index contributed by atoms with van der Waals surface area (Å²) in [7, 11) is 0. The Bertz CT molecular complexity index is 967. The number of ether oxygens (including phenoxy) is 1. The molecule has 6 nitrogen and oxygen atoms in total. The largest absolute Gasteiger partial charge is 0.493 e. The number of carbonyl (C=O) groups is 1. The van der Waals surface area contributed by atoms with Crippen molar-refractivity contribution in [2.75, 3.05) is 18.1 Å².